The monoisotopic (exact) mass is 196 g/mol. The molecule has 76 valence electrons. The Bertz CT molecular complexity index is 333. The van der Waals surface area contributed by atoms with Gasteiger partial charge in [-0.15, -0.1) is 0 Å². The largest absolute Gasteiger partial charge is 0.0623 e. The summed E-state index contributed by atoms with van der Waals surface area (Å²) < 4.78 is 0. The van der Waals surface area contributed by atoms with Crippen molar-refractivity contribution in [1.29, 1.82) is 0 Å². The maximum Gasteiger partial charge on any atom is -0.0162 e. The molecule has 0 heteroatoms. The maximum absolute atomic E-state index is 2.22. The van der Waals surface area contributed by atoms with Crippen LogP contribution in [0, 0.1) is 0 Å². The fraction of sp³-hybridized carbons (Fsp3) is 0.200. The Balaban J connectivity index is 0.000000124. The lowest BCUT2D eigenvalue weighted by Gasteiger charge is -1.92. The van der Waals surface area contributed by atoms with E-state index in [1.807, 2.05) is 36.4 Å². The summed E-state index contributed by atoms with van der Waals surface area (Å²) in [7, 11) is 0. The fourth-order valence-electron chi connectivity index (χ4n) is 1.53. The van der Waals surface area contributed by atoms with E-state index in [0.29, 0.717) is 0 Å². The summed E-state index contributed by atoms with van der Waals surface area (Å²) in [5.74, 6) is 0.909. The first-order valence-corrected chi connectivity index (χ1v) is 5.52. The topological polar surface area (TPSA) is 0 Å². The second-order valence-electron chi connectivity index (χ2n) is 3.84. The molecule has 0 heterocycles. The molecule has 0 bridgehead atoms. The van der Waals surface area contributed by atoms with Gasteiger partial charge in [-0.2, -0.15) is 0 Å². The Labute approximate surface area is 91.6 Å². The SMILES string of the molecule is c1ccc(C2CC2)cc1.c1ccccc1. The van der Waals surface area contributed by atoms with E-state index in [1.165, 1.54) is 18.4 Å². The Kier molecular flexibility index (Phi) is 3.56. The Morgan fingerprint density at radius 3 is 1.40 bits per heavy atom. The van der Waals surface area contributed by atoms with Gasteiger partial charge in [0, 0.05) is 0 Å². The number of benzene rings is 2. The molecule has 0 nitrogen and oxygen atoms in total. The third-order valence-corrected chi connectivity index (χ3v) is 2.51. The predicted molar refractivity (Wildman–Crippen MR) is 64.9 cm³/mol. The van der Waals surface area contributed by atoms with Crippen molar-refractivity contribution in [2.75, 3.05) is 0 Å². The average Bonchev–Trinajstić information content (AvgIpc) is 3.17. The summed E-state index contributed by atoms with van der Waals surface area (Å²) in [6.45, 7) is 0. The van der Waals surface area contributed by atoms with Crippen LogP contribution in [-0.4, -0.2) is 0 Å². The van der Waals surface area contributed by atoms with Crippen molar-refractivity contribution in [2.45, 2.75) is 18.8 Å². The van der Waals surface area contributed by atoms with Crippen LogP contribution in [0.5, 0.6) is 0 Å². The number of rotatable bonds is 1. The van der Waals surface area contributed by atoms with Gasteiger partial charge in [0.2, 0.25) is 0 Å². The highest BCUT2D eigenvalue weighted by Crippen LogP contribution is 2.39. The van der Waals surface area contributed by atoms with Crippen LogP contribution in [0.2, 0.25) is 0 Å². The third kappa shape index (κ3) is 3.59. The quantitative estimate of drug-likeness (QED) is 0.639. The molecule has 0 saturated heterocycles. The van der Waals surface area contributed by atoms with Crippen molar-refractivity contribution < 1.29 is 0 Å². The molecule has 2 aromatic carbocycles. The molecule has 1 saturated carbocycles. The molecular formula is C15H16. The van der Waals surface area contributed by atoms with Gasteiger partial charge in [0.1, 0.15) is 0 Å². The molecule has 0 aliphatic heterocycles. The minimum Gasteiger partial charge on any atom is -0.0623 e. The van der Waals surface area contributed by atoms with Gasteiger partial charge >= 0.3 is 0 Å². The zero-order chi connectivity index (χ0) is 10.3. The lowest BCUT2D eigenvalue weighted by Crippen LogP contribution is -1.73. The second-order valence-corrected chi connectivity index (χ2v) is 3.84. The van der Waals surface area contributed by atoms with Crippen LogP contribution in [0.4, 0.5) is 0 Å². The van der Waals surface area contributed by atoms with E-state index in [2.05, 4.69) is 30.3 Å². The van der Waals surface area contributed by atoms with Crippen molar-refractivity contribution in [1.82, 2.24) is 0 Å². The lowest BCUT2D eigenvalue weighted by molar-refractivity contribution is 1.13. The minimum atomic E-state index is 0.909. The van der Waals surface area contributed by atoms with Gasteiger partial charge in [-0.3, -0.25) is 0 Å². The molecule has 1 aliphatic carbocycles. The van der Waals surface area contributed by atoms with E-state index in [4.69, 9.17) is 0 Å². The molecule has 0 spiro atoms. The lowest BCUT2D eigenvalue weighted by atomic mass is 10.1. The van der Waals surface area contributed by atoms with E-state index >= 15 is 0 Å². The number of hydrogen-bond donors (Lipinski definition) is 0. The highest BCUT2D eigenvalue weighted by molar-refractivity contribution is 5.22. The summed E-state index contributed by atoms with van der Waals surface area (Å²) in [6, 6.07) is 22.8. The first-order chi connectivity index (χ1) is 7.47. The van der Waals surface area contributed by atoms with Gasteiger partial charge in [-0.1, -0.05) is 66.7 Å². The predicted octanol–water partition coefficient (Wildman–Crippen LogP) is 4.25. The molecule has 0 unspecified atom stereocenters. The van der Waals surface area contributed by atoms with Crippen molar-refractivity contribution >= 4 is 0 Å². The smallest absolute Gasteiger partial charge is 0.0162 e. The van der Waals surface area contributed by atoms with Crippen molar-refractivity contribution in [2.24, 2.45) is 0 Å². The van der Waals surface area contributed by atoms with Gasteiger partial charge in [0.25, 0.3) is 0 Å². The average molecular weight is 196 g/mol. The van der Waals surface area contributed by atoms with Crippen LogP contribution >= 0.6 is 0 Å². The summed E-state index contributed by atoms with van der Waals surface area (Å²) in [5, 5.41) is 0. The van der Waals surface area contributed by atoms with Crippen molar-refractivity contribution in [3.63, 3.8) is 0 Å². The maximum atomic E-state index is 2.22. The molecular weight excluding hydrogens is 180 g/mol. The van der Waals surface area contributed by atoms with Gasteiger partial charge < -0.3 is 0 Å². The highest BCUT2D eigenvalue weighted by atomic mass is 14.3. The highest BCUT2D eigenvalue weighted by Gasteiger charge is 2.22. The summed E-state index contributed by atoms with van der Waals surface area (Å²) in [6.07, 6.45) is 2.81. The molecule has 0 N–H and O–H groups in total. The van der Waals surface area contributed by atoms with E-state index in [9.17, 15) is 0 Å². The normalized spacial score (nSPS) is 13.9. The zero-order valence-electron chi connectivity index (χ0n) is 8.84. The van der Waals surface area contributed by atoms with E-state index in [0.717, 1.165) is 5.92 Å². The second kappa shape index (κ2) is 5.35. The summed E-state index contributed by atoms with van der Waals surface area (Å²) in [4.78, 5) is 0. The van der Waals surface area contributed by atoms with Gasteiger partial charge in [0.15, 0.2) is 0 Å². The van der Waals surface area contributed by atoms with Gasteiger partial charge in [0.05, 0.1) is 0 Å². The van der Waals surface area contributed by atoms with Crippen LogP contribution in [0.25, 0.3) is 0 Å². The number of hydrogen-bond acceptors (Lipinski definition) is 0. The van der Waals surface area contributed by atoms with Crippen molar-refractivity contribution in [3.05, 3.63) is 72.3 Å². The molecule has 1 fully saturated rings. The Hall–Kier alpha value is -1.56. The molecule has 2 aromatic rings. The van der Waals surface area contributed by atoms with E-state index < -0.39 is 0 Å². The van der Waals surface area contributed by atoms with Crippen LogP contribution in [-0.2, 0) is 0 Å². The van der Waals surface area contributed by atoms with Crippen LogP contribution in [0.1, 0.15) is 24.3 Å². The molecule has 0 aromatic heterocycles. The first kappa shape index (κ1) is 9.97. The molecule has 0 radical (unpaired) electrons. The molecule has 1 aliphatic rings. The molecule has 0 amide bonds. The van der Waals surface area contributed by atoms with E-state index in [1.54, 1.807) is 0 Å². The van der Waals surface area contributed by atoms with Crippen molar-refractivity contribution in [3.8, 4) is 0 Å². The minimum absolute atomic E-state index is 0.909. The van der Waals surface area contributed by atoms with E-state index in [-0.39, 0.29) is 0 Å². The summed E-state index contributed by atoms with van der Waals surface area (Å²) >= 11 is 0. The molecule has 0 atom stereocenters. The first-order valence-electron chi connectivity index (χ1n) is 5.52. The zero-order valence-corrected chi connectivity index (χ0v) is 8.84. The standard InChI is InChI=1S/C9H10.C6H6/c1-2-4-8(5-3-1)9-6-7-9;1-2-4-6-5-3-1/h1-5,9H,6-7H2;1-6H. The van der Waals surface area contributed by atoms with Crippen LogP contribution in [0.15, 0.2) is 66.7 Å². The van der Waals surface area contributed by atoms with Crippen LogP contribution < -0.4 is 0 Å². The van der Waals surface area contributed by atoms with Crippen LogP contribution in [0.3, 0.4) is 0 Å². The van der Waals surface area contributed by atoms with Gasteiger partial charge in [-0.05, 0) is 24.3 Å². The Morgan fingerprint density at radius 2 is 1.00 bits per heavy atom. The summed E-state index contributed by atoms with van der Waals surface area (Å²) in [5.41, 5.74) is 1.53. The fourth-order valence-corrected chi connectivity index (χ4v) is 1.53. The third-order valence-electron chi connectivity index (χ3n) is 2.51. The van der Waals surface area contributed by atoms with Gasteiger partial charge in [-0.25, -0.2) is 0 Å². The molecule has 15 heavy (non-hydrogen) atoms. The molecule has 3 rings (SSSR count). The Morgan fingerprint density at radius 1 is 0.600 bits per heavy atom.